The summed E-state index contributed by atoms with van der Waals surface area (Å²) < 4.78 is 11.4. The van der Waals surface area contributed by atoms with Crippen LogP contribution in [0.5, 0.6) is 0 Å². The Balaban J connectivity index is 1.63. The van der Waals surface area contributed by atoms with E-state index in [0.29, 0.717) is 11.3 Å². The molecule has 0 aliphatic carbocycles. The highest BCUT2D eigenvalue weighted by atomic mass is 32.2. The zero-order valence-electron chi connectivity index (χ0n) is 19.2. The molecule has 7 nitrogen and oxygen atoms in total. The monoisotopic (exact) mass is 490 g/mol. The first kappa shape index (κ1) is 24.5. The van der Waals surface area contributed by atoms with Crippen molar-refractivity contribution >= 4 is 29.6 Å². The van der Waals surface area contributed by atoms with Gasteiger partial charge >= 0.3 is 11.9 Å². The van der Waals surface area contributed by atoms with E-state index in [1.54, 1.807) is 18.2 Å². The van der Waals surface area contributed by atoms with Gasteiger partial charge in [-0.25, -0.2) is 9.59 Å². The number of fused-ring (bicyclic) bond motifs is 1. The lowest BCUT2D eigenvalue weighted by Crippen LogP contribution is -2.68. The SMILES string of the molecule is C/C=C/C=C/C(=O)OCC1=C(C(=O)OC(c2ccccc2)c2ccccc2)N2C(=O)[C@@H](N)[C@H]2SC1. The summed E-state index contributed by atoms with van der Waals surface area (Å²) >= 11 is 1.43. The average Bonchev–Trinajstić information content (AvgIpc) is 2.90. The molecule has 2 aromatic carbocycles. The summed E-state index contributed by atoms with van der Waals surface area (Å²) in [6.07, 6.45) is 5.68. The molecule has 1 amide bonds. The van der Waals surface area contributed by atoms with Crippen molar-refractivity contribution < 1.29 is 23.9 Å². The highest BCUT2D eigenvalue weighted by Gasteiger charge is 2.52. The third-order valence-electron chi connectivity index (χ3n) is 5.64. The van der Waals surface area contributed by atoms with Crippen LogP contribution in [-0.4, -0.2) is 46.5 Å². The van der Waals surface area contributed by atoms with Gasteiger partial charge in [-0.2, -0.15) is 0 Å². The largest absolute Gasteiger partial charge is 0.458 e. The van der Waals surface area contributed by atoms with Crippen LogP contribution in [0.15, 0.2) is 96.2 Å². The van der Waals surface area contributed by atoms with Crippen molar-refractivity contribution in [3.05, 3.63) is 107 Å². The van der Waals surface area contributed by atoms with Gasteiger partial charge in [0.05, 0.1) is 0 Å². The number of carbonyl (C=O) groups excluding carboxylic acids is 3. The predicted molar refractivity (Wildman–Crippen MR) is 134 cm³/mol. The molecule has 0 bridgehead atoms. The molecule has 8 heteroatoms. The van der Waals surface area contributed by atoms with E-state index >= 15 is 0 Å². The minimum absolute atomic E-state index is 0.0996. The van der Waals surface area contributed by atoms with Crippen LogP contribution in [0.3, 0.4) is 0 Å². The number of thioether (sulfide) groups is 1. The number of hydrogen-bond donors (Lipinski definition) is 1. The quantitative estimate of drug-likeness (QED) is 0.262. The molecule has 0 radical (unpaired) electrons. The number of nitrogens with two attached hydrogens (primary N) is 1. The van der Waals surface area contributed by atoms with Crippen molar-refractivity contribution in [3.8, 4) is 0 Å². The second-order valence-electron chi connectivity index (χ2n) is 7.99. The molecule has 0 unspecified atom stereocenters. The minimum Gasteiger partial charge on any atom is -0.458 e. The van der Waals surface area contributed by atoms with E-state index in [1.807, 2.05) is 67.6 Å². The van der Waals surface area contributed by atoms with E-state index in [4.69, 9.17) is 15.2 Å². The molecule has 2 aromatic rings. The van der Waals surface area contributed by atoms with Crippen LogP contribution in [0, 0.1) is 0 Å². The van der Waals surface area contributed by atoms with Crippen molar-refractivity contribution in [2.45, 2.75) is 24.4 Å². The van der Waals surface area contributed by atoms with Crippen LogP contribution < -0.4 is 5.73 Å². The van der Waals surface area contributed by atoms with E-state index in [2.05, 4.69) is 0 Å². The Hall–Kier alpha value is -3.62. The van der Waals surface area contributed by atoms with Gasteiger partial charge in [-0.3, -0.25) is 9.69 Å². The smallest absolute Gasteiger partial charge is 0.356 e. The Morgan fingerprint density at radius 1 is 1.09 bits per heavy atom. The summed E-state index contributed by atoms with van der Waals surface area (Å²) in [5.74, 6) is -1.18. The summed E-state index contributed by atoms with van der Waals surface area (Å²) in [6.45, 7) is 1.70. The van der Waals surface area contributed by atoms with Gasteiger partial charge in [-0.15, -0.1) is 11.8 Å². The van der Waals surface area contributed by atoms with Crippen molar-refractivity contribution in [3.63, 3.8) is 0 Å². The first-order valence-electron chi connectivity index (χ1n) is 11.2. The summed E-state index contributed by atoms with van der Waals surface area (Å²) in [4.78, 5) is 39.6. The number of amides is 1. The first-order valence-corrected chi connectivity index (χ1v) is 12.3. The van der Waals surface area contributed by atoms with Crippen molar-refractivity contribution in [2.75, 3.05) is 12.4 Å². The molecule has 2 heterocycles. The fraction of sp³-hybridized carbons (Fsp3) is 0.222. The molecule has 2 N–H and O–H groups in total. The number of carbonyl (C=O) groups is 3. The van der Waals surface area contributed by atoms with E-state index < -0.39 is 24.1 Å². The van der Waals surface area contributed by atoms with Crippen LogP contribution >= 0.6 is 11.8 Å². The number of nitrogens with zero attached hydrogens (tertiary/aromatic N) is 1. The second-order valence-corrected chi connectivity index (χ2v) is 9.09. The standard InChI is InChI=1S/C27H26N2O5S/c1-2-3-6-15-21(30)33-16-20-17-35-26-22(28)25(31)29(26)23(20)27(32)34-24(18-11-7-4-8-12-18)19-13-9-5-10-14-19/h2-15,22,24,26H,16-17,28H2,1H3/b3-2+,15-6+/t22-,26-/m1/s1. The van der Waals surface area contributed by atoms with Crippen LogP contribution in [0.1, 0.15) is 24.2 Å². The Morgan fingerprint density at radius 2 is 1.71 bits per heavy atom. The topological polar surface area (TPSA) is 98.9 Å². The second kappa shape index (κ2) is 11.2. The van der Waals surface area contributed by atoms with Crippen LogP contribution in [0.4, 0.5) is 0 Å². The molecular formula is C27H26N2O5S. The lowest BCUT2D eigenvalue weighted by Gasteiger charge is -2.48. The maximum atomic E-state index is 13.6. The number of allylic oxidation sites excluding steroid dienone is 3. The maximum Gasteiger partial charge on any atom is 0.356 e. The Bertz CT molecular complexity index is 1140. The van der Waals surface area contributed by atoms with E-state index in [1.165, 1.54) is 22.7 Å². The molecule has 0 aromatic heterocycles. The van der Waals surface area contributed by atoms with E-state index in [9.17, 15) is 14.4 Å². The first-order chi connectivity index (χ1) is 17.0. The molecule has 0 spiro atoms. The lowest BCUT2D eigenvalue weighted by molar-refractivity contribution is -0.153. The van der Waals surface area contributed by atoms with Crippen LogP contribution in [0.25, 0.3) is 0 Å². The number of benzene rings is 2. The summed E-state index contributed by atoms with van der Waals surface area (Å²) in [6, 6.07) is 18.1. The zero-order chi connectivity index (χ0) is 24.8. The van der Waals surface area contributed by atoms with Gasteiger partial charge in [-0.05, 0) is 18.1 Å². The molecule has 180 valence electrons. The Kier molecular flexibility index (Phi) is 7.84. The molecule has 4 rings (SSSR count). The van der Waals surface area contributed by atoms with Gasteiger partial charge in [0.1, 0.15) is 23.7 Å². The van der Waals surface area contributed by atoms with Crippen LogP contribution in [0.2, 0.25) is 0 Å². The van der Waals surface area contributed by atoms with Gasteiger partial charge < -0.3 is 15.2 Å². The average molecular weight is 491 g/mol. The normalized spacial score (nSPS) is 19.7. The molecule has 0 saturated carbocycles. The number of rotatable bonds is 8. The van der Waals surface area contributed by atoms with Gasteiger partial charge in [0, 0.05) is 17.4 Å². The molecule has 2 aliphatic heterocycles. The number of hydrogen-bond acceptors (Lipinski definition) is 7. The molecule has 2 aliphatic rings. The fourth-order valence-corrected chi connectivity index (χ4v) is 5.15. The van der Waals surface area contributed by atoms with Crippen molar-refractivity contribution in [1.82, 2.24) is 4.90 Å². The molecule has 1 saturated heterocycles. The van der Waals surface area contributed by atoms with Crippen LogP contribution in [-0.2, 0) is 23.9 Å². The lowest BCUT2D eigenvalue weighted by atomic mass is 10.0. The van der Waals surface area contributed by atoms with Gasteiger partial charge in [0.2, 0.25) is 5.91 Å². The van der Waals surface area contributed by atoms with Gasteiger partial charge in [0.25, 0.3) is 0 Å². The third kappa shape index (κ3) is 5.39. The number of β-lactam (4-membered cyclic amide) rings is 1. The molecule has 2 atom stereocenters. The zero-order valence-corrected chi connectivity index (χ0v) is 20.0. The molecule has 35 heavy (non-hydrogen) atoms. The van der Waals surface area contributed by atoms with Gasteiger partial charge in [0.15, 0.2) is 6.10 Å². The summed E-state index contributed by atoms with van der Waals surface area (Å²) in [5, 5.41) is -0.356. The molecular weight excluding hydrogens is 464 g/mol. The minimum atomic E-state index is -0.685. The predicted octanol–water partition coefficient (Wildman–Crippen LogP) is 3.49. The summed E-state index contributed by atoms with van der Waals surface area (Å²) in [7, 11) is 0. The highest BCUT2D eigenvalue weighted by Crippen LogP contribution is 2.40. The highest BCUT2D eigenvalue weighted by molar-refractivity contribution is 8.00. The Morgan fingerprint density at radius 3 is 2.31 bits per heavy atom. The van der Waals surface area contributed by atoms with E-state index in [-0.39, 0.29) is 23.6 Å². The summed E-state index contributed by atoms with van der Waals surface area (Å²) in [5.41, 5.74) is 8.16. The third-order valence-corrected chi connectivity index (χ3v) is 7.00. The number of esters is 2. The van der Waals surface area contributed by atoms with Crippen molar-refractivity contribution in [2.24, 2.45) is 5.73 Å². The Labute approximate surface area is 208 Å². The fourth-order valence-electron chi connectivity index (χ4n) is 3.88. The van der Waals surface area contributed by atoms with E-state index in [0.717, 1.165) is 11.1 Å². The van der Waals surface area contributed by atoms with Crippen molar-refractivity contribution in [1.29, 1.82) is 0 Å². The number of ether oxygens (including phenoxy) is 2. The maximum absolute atomic E-state index is 13.6. The van der Waals surface area contributed by atoms with Gasteiger partial charge in [-0.1, -0.05) is 78.9 Å². The molecule has 1 fully saturated rings.